The summed E-state index contributed by atoms with van der Waals surface area (Å²) in [5, 5.41) is 0.577. The first-order valence-corrected chi connectivity index (χ1v) is 7.39. The lowest BCUT2D eigenvalue weighted by Crippen LogP contribution is -2.29. The number of thioether (sulfide) groups is 1. The van der Waals surface area contributed by atoms with Crippen LogP contribution >= 0.6 is 11.8 Å². The van der Waals surface area contributed by atoms with Gasteiger partial charge in [0.2, 0.25) is 5.91 Å². The average molecular weight is 293 g/mol. The van der Waals surface area contributed by atoms with E-state index in [1.165, 1.54) is 11.8 Å². The molecule has 0 aliphatic rings. The lowest BCUT2D eigenvalue weighted by molar-refractivity contribution is -0.127. The van der Waals surface area contributed by atoms with E-state index < -0.39 is 0 Å². The minimum absolute atomic E-state index is 0.0745. The van der Waals surface area contributed by atoms with E-state index in [0.717, 1.165) is 21.9 Å². The molecular weight excluding hydrogens is 274 g/mol. The molecule has 1 N–H and O–H groups in total. The quantitative estimate of drug-likeness (QED) is 0.861. The summed E-state index contributed by atoms with van der Waals surface area (Å²) in [5.41, 5.74) is 1.79. The first-order chi connectivity index (χ1) is 9.51. The van der Waals surface area contributed by atoms with E-state index in [1.54, 1.807) is 19.0 Å². The van der Waals surface area contributed by atoms with Gasteiger partial charge >= 0.3 is 0 Å². The fourth-order valence-corrected chi connectivity index (χ4v) is 2.83. The molecule has 0 spiro atoms. The van der Waals surface area contributed by atoms with Crippen LogP contribution in [-0.4, -0.2) is 46.7 Å². The van der Waals surface area contributed by atoms with E-state index in [1.807, 2.05) is 32.0 Å². The second-order valence-corrected chi connectivity index (χ2v) is 5.98. The molecule has 20 heavy (non-hydrogen) atoms. The Hall–Kier alpha value is -1.69. The monoisotopic (exact) mass is 293 g/mol. The van der Waals surface area contributed by atoms with E-state index >= 15 is 0 Å². The number of ether oxygens (including phenoxy) is 1. The molecule has 1 heterocycles. The van der Waals surface area contributed by atoms with Crippen LogP contribution in [0.25, 0.3) is 11.0 Å². The van der Waals surface area contributed by atoms with Crippen LogP contribution in [0.1, 0.15) is 13.8 Å². The summed E-state index contributed by atoms with van der Waals surface area (Å²) >= 11 is 1.43. The Morgan fingerprint density at radius 3 is 2.90 bits per heavy atom. The van der Waals surface area contributed by atoms with Crippen molar-refractivity contribution in [3.8, 4) is 5.75 Å². The zero-order chi connectivity index (χ0) is 14.7. The van der Waals surface area contributed by atoms with Gasteiger partial charge in [-0.3, -0.25) is 4.79 Å². The van der Waals surface area contributed by atoms with Crippen molar-refractivity contribution in [2.45, 2.75) is 24.3 Å². The zero-order valence-corrected chi connectivity index (χ0v) is 13.0. The van der Waals surface area contributed by atoms with E-state index in [-0.39, 0.29) is 11.2 Å². The Morgan fingerprint density at radius 1 is 1.50 bits per heavy atom. The van der Waals surface area contributed by atoms with E-state index in [9.17, 15) is 4.79 Å². The third-order valence-corrected chi connectivity index (χ3v) is 3.79. The number of aromatic nitrogens is 2. The highest BCUT2D eigenvalue weighted by atomic mass is 32.2. The number of nitrogens with one attached hydrogen (secondary N) is 1. The highest BCUT2D eigenvalue weighted by Gasteiger charge is 2.18. The molecule has 108 valence electrons. The minimum Gasteiger partial charge on any atom is -0.494 e. The highest BCUT2D eigenvalue weighted by Crippen LogP contribution is 2.26. The Bertz CT molecular complexity index is 609. The van der Waals surface area contributed by atoms with Crippen LogP contribution < -0.4 is 4.74 Å². The van der Waals surface area contributed by atoms with Gasteiger partial charge in [0.05, 0.1) is 22.9 Å². The molecule has 0 aliphatic heterocycles. The maximum atomic E-state index is 11.8. The number of carbonyl (C=O) groups is 1. The largest absolute Gasteiger partial charge is 0.494 e. The van der Waals surface area contributed by atoms with E-state index in [0.29, 0.717) is 6.61 Å². The van der Waals surface area contributed by atoms with Crippen LogP contribution in [0, 0.1) is 0 Å². The van der Waals surface area contributed by atoms with Gasteiger partial charge in [-0.05, 0) is 26.0 Å². The molecule has 0 saturated heterocycles. The molecule has 0 radical (unpaired) electrons. The number of amides is 1. The van der Waals surface area contributed by atoms with Crippen molar-refractivity contribution in [2.75, 3.05) is 20.7 Å². The van der Waals surface area contributed by atoms with Crippen molar-refractivity contribution >= 4 is 28.7 Å². The molecule has 5 nitrogen and oxygen atoms in total. The van der Waals surface area contributed by atoms with Gasteiger partial charge < -0.3 is 14.6 Å². The summed E-state index contributed by atoms with van der Waals surface area (Å²) < 4.78 is 5.46. The van der Waals surface area contributed by atoms with Crippen LogP contribution in [0.4, 0.5) is 0 Å². The number of carbonyl (C=O) groups excluding carboxylic acids is 1. The van der Waals surface area contributed by atoms with Crippen molar-refractivity contribution in [3.05, 3.63) is 18.2 Å². The Kier molecular flexibility index (Phi) is 4.54. The van der Waals surface area contributed by atoms with Crippen LogP contribution in [0.3, 0.4) is 0 Å². The van der Waals surface area contributed by atoms with Gasteiger partial charge in [0, 0.05) is 20.2 Å². The molecule has 0 bridgehead atoms. The van der Waals surface area contributed by atoms with E-state index in [4.69, 9.17) is 4.74 Å². The summed E-state index contributed by atoms with van der Waals surface area (Å²) in [6, 6.07) is 5.74. The molecule has 0 fully saturated rings. The summed E-state index contributed by atoms with van der Waals surface area (Å²) in [4.78, 5) is 21.1. The molecule has 2 rings (SSSR count). The van der Waals surface area contributed by atoms with Gasteiger partial charge in [-0.25, -0.2) is 4.98 Å². The van der Waals surface area contributed by atoms with Crippen molar-refractivity contribution in [2.24, 2.45) is 0 Å². The van der Waals surface area contributed by atoms with Crippen molar-refractivity contribution in [1.82, 2.24) is 14.9 Å². The van der Waals surface area contributed by atoms with Crippen LogP contribution in [-0.2, 0) is 4.79 Å². The van der Waals surface area contributed by atoms with Crippen molar-refractivity contribution in [1.29, 1.82) is 0 Å². The maximum Gasteiger partial charge on any atom is 0.235 e. The van der Waals surface area contributed by atoms with Crippen molar-refractivity contribution < 1.29 is 9.53 Å². The molecule has 2 aromatic rings. The minimum atomic E-state index is -0.170. The molecule has 0 aliphatic carbocycles. The Balaban J connectivity index is 2.17. The van der Waals surface area contributed by atoms with Gasteiger partial charge in [0.1, 0.15) is 5.75 Å². The molecule has 0 saturated carbocycles. The third kappa shape index (κ3) is 3.25. The number of imidazole rings is 1. The number of hydrogen-bond donors (Lipinski definition) is 1. The second kappa shape index (κ2) is 6.17. The van der Waals surface area contributed by atoms with Gasteiger partial charge in [0.15, 0.2) is 5.16 Å². The molecular formula is C14H19N3O2S. The molecule has 1 unspecified atom stereocenters. The summed E-state index contributed by atoms with van der Waals surface area (Å²) in [5.74, 6) is 0.892. The number of aromatic amines is 1. The molecule has 1 aromatic heterocycles. The Morgan fingerprint density at radius 2 is 2.25 bits per heavy atom. The van der Waals surface area contributed by atoms with Gasteiger partial charge in [-0.2, -0.15) is 0 Å². The second-order valence-electron chi connectivity index (χ2n) is 4.65. The number of H-pyrrole nitrogens is 1. The van der Waals surface area contributed by atoms with Gasteiger partial charge in [-0.15, -0.1) is 0 Å². The van der Waals surface area contributed by atoms with Crippen LogP contribution in [0.5, 0.6) is 5.75 Å². The van der Waals surface area contributed by atoms with Gasteiger partial charge in [-0.1, -0.05) is 11.8 Å². The number of nitrogens with zero attached hydrogens (tertiary/aromatic N) is 2. The molecule has 1 amide bonds. The summed E-state index contributed by atoms with van der Waals surface area (Å²) in [6.45, 7) is 4.47. The highest BCUT2D eigenvalue weighted by molar-refractivity contribution is 8.00. The smallest absolute Gasteiger partial charge is 0.235 e. The number of hydrogen-bond acceptors (Lipinski definition) is 4. The standard InChI is InChI=1S/C14H19N3O2S/c1-5-19-10-6-7-11-12(8-10)16-14(15-11)20-9(2)13(18)17(3)4/h6-9H,5H2,1-4H3,(H,15,16). The lowest BCUT2D eigenvalue weighted by Gasteiger charge is -2.14. The zero-order valence-electron chi connectivity index (χ0n) is 12.1. The number of benzene rings is 1. The fourth-order valence-electron chi connectivity index (χ4n) is 1.86. The average Bonchev–Trinajstić information content (AvgIpc) is 2.79. The molecule has 1 atom stereocenters. The summed E-state index contributed by atoms with van der Waals surface area (Å²) in [6.07, 6.45) is 0. The third-order valence-electron chi connectivity index (χ3n) is 2.82. The van der Waals surface area contributed by atoms with Crippen molar-refractivity contribution in [3.63, 3.8) is 0 Å². The number of rotatable bonds is 5. The molecule has 1 aromatic carbocycles. The predicted octanol–water partition coefficient (Wildman–Crippen LogP) is 2.53. The first kappa shape index (κ1) is 14.7. The fraction of sp³-hybridized carbons (Fsp3) is 0.429. The number of fused-ring (bicyclic) bond motifs is 1. The first-order valence-electron chi connectivity index (χ1n) is 6.51. The Labute approximate surface area is 122 Å². The lowest BCUT2D eigenvalue weighted by atomic mass is 10.3. The SMILES string of the molecule is CCOc1ccc2nc(SC(C)C(=O)N(C)C)[nH]c2c1. The van der Waals surface area contributed by atoms with Crippen LogP contribution in [0.2, 0.25) is 0 Å². The van der Waals surface area contributed by atoms with Crippen LogP contribution in [0.15, 0.2) is 23.4 Å². The topological polar surface area (TPSA) is 58.2 Å². The normalized spacial score (nSPS) is 12.4. The predicted molar refractivity (Wildman–Crippen MR) is 81.3 cm³/mol. The van der Waals surface area contributed by atoms with Gasteiger partial charge in [0.25, 0.3) is 0 Å². The molecule has 6 heteroatoms. The summed E-state index contributed by atoms with van der Waals surface area (Å²) in [7, 11) is 3.51. The maximum absolute atomic E-state index is 11.8. The van der Waals surface area contributed by atoms with E-state index in [2.05, 4.69) is 9.97 Å².